The number of likely N-dealkylation sites (N-methyl/N-ethyl adjacent to an activating group) is 1. The van der Waals surface area contributed by atoms with E-state index in [4.69, 9.17) is 9.98 Å². The average Bonchev–Trinajstić information content (AvgIpc) is 3.70. The Morgan fingerprint density at radius 2 is 0.891 bits per heavy atom. The number of hydrogen-bond acceptors (Lipinski definition) is 3. The van der Waals surface area contributed by atoms with Crippen molar-refractivity contribution in [2.24, 2.45) is 9.98 Å². The number of thiophene rings is 1. The molecule has 0 fully saturated rings. The zero-order valence-corrected chi connectivity index (χ0v) is 31.7. The summed E-state index contributed by atoms with van der Waals surface area (Å²) < 4.78 is 1.26. The topological polar surface area (TPSA) is 36.8 Å². The van der Waals surface area contributed by atoms with Gasteiger partial charge in [-0.05, 0) is 74.7 Å². The molecular formula is C51H41N3S. The SMILES string of the molecule is CN=C(N=C(c1ccccc1)C(NC)c1cc2ccccc2s1)c1ccc(-c2ccc(C(=C(c3ccccc3)c3ccccc3)c3ccccc3)cc2)cc1. The maximum atomic E-state index is 5.29. The first-order valence-corrected chi connectivity index (χ1v) is 19.4. The van der Waals surface area contributed by atoms with E-state index in [0.29, 0.717) is 5.84 Å². The summed E-state index contributed by atoms with van der Waals surface area (Å²) in [5, 5.41) is 4.80. The highest BCUT2D eigenvalue weighted by Crippen LogP contribution is 2.38. The molecule has 0 amide bonds. The Labute approximate surface area is 327 Å². The fourth-order valence-corrected chi connectivity index (χ4v) is 8.37. The van der Waals surface area contributed by atoms with Gasteiger partial charge in [-0.15, -0.1) is 11.3 Å². The van der Waals surface area contributed by atoms with E-state index in [1.165, 1.54) is 42.8 Å². The van der Waals surface area contributed by atoms with Crippen LogP contribution in [-0.2, 0) is 0 Å². The third-order valence-corrected chi connectivity index (χ3v) is 11.1. The molecule has 0 saturated carbocycles. The zero-order valence-electron chi connectivity index (χ0n) is 30.9. The van der Waals surface area contributed by atoms with Crippen molar-refractivity contribution in [2.45, 2.75) is 6.04 Å². The Hall–Kier alpha value is -6.46. The monoisotopic (exact) mass is 727 g/mol. The minimum Gasteiger partial charge on any atom is -0.307 e. The highest BCUT2D eigenvalue weighted by molar-refractivity contribution is 7.19. The molecule has 1 unspecified atom stereocenters. The molecule has 4 heteroatoms. The number of amidine groups is 1. The second-order valence-electron chi connectivity index (χ2n) is 13.3. The lowest BCUT2D eigenvalue weighted by Gasteiger charge is -2.19. The fourth-order valence-electron chi connectivity index (χ4n) is 7.19. The second kappa shape index (κ2) is 16.7. The van der Waals surface area contributed by atoms with Gasteiger partial charge in [-0.25, -0.2) is 4.99 Å². The third kappa shape index (κ3) is 7.78. The molecule has 8 rings (SSSR count). The fraction of sp³-hybridized carbons (Fsp3) is 0.0588. The largest absolute Gasteiger partial charge is 0.307 e. The molecule has 0 spiro atoms. The van der Waals surface area contributed by atoms with Crippen molar-refractivity contribution in [3.63, 3.8) is 0 Å². The Morgan fingerprint density at radius 1 is 0.473 bits per heavy atom. The molecule has 0 aliphatic carbocycles. The number of hydrogen-bond donors (Lipinski definition) is 1. The van der Waals surface area contributed by atoms with Crippen LogP contribution in [0.15, 0.2) is 210 Å². The van der Waals surface area contributed by atoms with Crippen LogP contribution in [0.3, 0.4) is 0 Å². The van der Waals surface area contributed by atoms with Crippen molar-refractivity contribution >= 4 is 44.1 Å². The van der Waals surface area contributed by atoms with E-state index >= 15 is 0 Å². The van der Waals surface area contributed by atoms with Crippen LogP contribution < -0.4 is 5.32 Å². The van der Waals surface area contributed by atoms with Gasteiger partial charge < -0.3 is 5.32 Å². The first-order valence-electron chi connectivity index (χ1n) is 18.6. The van der Waals surface area contributed by atoms with Crippen LogP contribution in [-0.4, -0.2) is 25.6 Å². The lowest BCUT2D eigenvalue weighted by atomic mass is 9.85. The molecule has 266 valence electrons. The Kier molecular flexibility index (Phi) is 10.8. The lowest BCUT2D eigenvalue weighted by Crippen LogP contribution is -2.26. The number of benzene rings is 7. The Morgan fingerprint density at radius 3 is 1.35 bits per heavy atom. The van der Waals surface area contributed by atoms with Crippen LogP contribution in [0, 0.1) is 0 Å². The first kappa shape index (κ1) is 35.6. The molecule has 0 saturated heterocycles. The van der Waals surface area contributed by atoms with Crippen molar-refractivity contribution in [3.8, 4) is 11.1 Å². The molecule has 0 aliphatic rings. The van der Waals surface area contributed by atoms with Crippen LogP contribution in [0.2, 0.25) is 0 Å². The molecule has 8 aromatic rings. The zero-order chi connectivity index (χ0) is 37.4. The summed E-state index contributed by atoms with van der Waals surface area (Å²) in [6.07, 6.45) is 0. The summed E-state index contributed by atoms with van der Waals surface area (Å²) in [5.41, 5.74) is 12.4. The van der Waals surface area contributed by atoms with Crippen molar-refractivity contribution in [1.29, 1.82) is 0 Å². The molecule has 0 aliphatic heterocycles. The highest BCUT2D eigenvalue weighted by atomic mass is 32.1. The van der Waals surface area contributed by atoms with Crippen molar-refractivity contribution in [3.05, 3.63) is 238 Å². The average molecular weight is 728 g/mol. The van der Waals surface area contributed by atoms with E-state index in [1.807, 2.05) is 20.2 Å². The summed E-state index contributed by atoms with van der Waals surface area (Å²) in [5.74, 6) is 0.689. The number of nitrogens with zero attached hydrogens (tertiary/aromatic N) is 2. The van der Waals surface area contributed by atoms with E-state index in [-0.39, 0.29) is 6.04 Å². The predicted octanol–water partition coefficient (Wildman–Crippen LogP) is 12.4. The highest BCUT2D eigenvalue weighted by Gasteiger charge is 2.22. The summed E-state index contributed by atoms with van der Waals surface area (Å²) >= 11 is 1.80. The molecule has 1 aromatic heterocycles. The van der Waals surface area contributed by atoms with Gasteiger partial charge in [0.25, 0.3) is 0 Å². The number of rotatable bonds is 10. The van der Waals surface area contributed by atoms with Crippen molar-refractivity contribution in [1.82, 2.24) is 5.32 Å². The van der Waals surface area contributed by atoms with E-state index < -0.39 is 0 Å². The van der Waals surface area contributed by atoms with Gasteiger partial charge in [-0.2, -0.15) is 0 Å². The smallest absolute Gasteiger partial charge is 0.154 e. The van der Waals surface area contributed by atoms with E-state index in [1.54, 1.807) is 11.3 Å². The van der Waals surface area contributed by atoms with E-state index in [2.05, 4.69) is 199 Å². The third-order valence-electron chi connectivity index (χ3n) is 9.89. The molecule has 1 atom stereocenters. The van der Waals surface area contributed by atoms with Crippen molar-refractivity contribution in [2.75, 3.05) is 14.1 Å². The summed E-state index contributed by atoms with van der Waals surface area (Å²) in [4.78, 5) is 11.2. The molecule has 3 nitrogen and oxygen atoms in total. The standard InChI is InChI=1S/C51H41N3S/c1-52-50(46-35-44-25-15-16-26-45(44)55-46)49(42-23-13-6-14-24-42)54-51(53-2)43-33-29-37(30-34-43)36-27-31-41(32-28-36)48(40-21-11-5-12-22-40)47(38-17-7-3-8-18-38)39-19-9-4-10-20-39/h3-35,50,52H,1-2H3. The maximum absolute atomic E-state index is 5.29. The minimum absolute atomic E-state index is 0.103. The van der Waals surface area contributed by atoms with Gasteiger partial charge in [0.05, 0.1) is 11.8 Å². The van der Waals surface area contributed by atoms with Crippen LogP contribution in [0.1, 0.15) is 44.3 Å². The van der Waals surface area contributed by atoms with Gasteiger partial charge in [0.2, 0.25) is 0 Å². The number of fused-ring (bicyclic) bond motifs is 1. The number of aliphatic imine (C=N–C) groups is 2. The minimum atomic E-state index is -0.103. The normalized spacial score (nSPS) is 12.4. The summed E-state index contributed by atoms with van der Waals surface area (Å²) in [6.45, 7) is 0. The molecule has 1 heterocycles. The van der Waals surface area contributed by atoms with Gasteiger partial charge in [0, 0.05) is 22.2 Å². The van der Waals surface area contributed by atoms with E-state index in [9.17, 15) is 0 Å². The van der Waals surface area contributed by atoms with Gasteiger partial charge in [-0.3, -0.25) is 4.99 Å². The first-order chi connectivity index (χ1) is 27.2. The Bertz CT molecular complexity index is 2510. The van der Waals surface area contributed by atoms with Crippen molar-refractivity contribution < 1.29 is 0 Å². The molecule has 1 N–H and O–H groups in total. The summed E-state index contributed by atoms with van der Waals surface area (Å²) in [6, 6.07) is 70.7. The van der Waals surface area contributed by atoms with Gasteiger partial charge >= 0.3 is 0 Å². The summed E-state index contributed by atoms with van der Waals surface area (Å²) in [7, 11) is 3.82. The molecule has 7 aromatic carbocycles. The quantitative estimate of drug-likeness (QED) is 0.0850. The van der Waals surface area contributed by atoms with Gasteiger partial charge in [0.1, 0.15) is 0 Å². The molecular weight excluding hydrogens is 687 g/mol. The Balaban J connectivity index is 1.14. The lowest BCUT2D eigenvalue weighted by molar-refractivity contribution is 0.764. The van der Waals surface area contributed by atoms with E-state index in [0.717, 1.165) is 33.5 Å². The van der Waals surface area contributed by atoms with Gasteiger partial charge in [0.15, 0.2) is 5.84 Å². The predicted molar refractivity (Wildman–Crippen MR) is 235 cm³/mol. The van der Waals surface area contributed by atoms with Gasteiger partial charge in [-0.1, -0.05) is 188 Å². The second-order valence-corrected chi connectivity index (χ2v) is 14.4. The molecule has 0 bridgehead atoms. The molecule has 55 heavy (non-hydrogen) atoms. The van der Waals surface area contributed by atoms with Crippen LogP contribution >= 0.6 is 11.3 Å². The van der Waals surface area contributed by atoms with Crippen LogP contribution in [0.4, 0.5) is 0 Å². The maximum Gasteiger partial charge on any atom is 0.154 e. The van der Waals surface area contributed by atoms with Crippen LogP contribution in [0.25, 0.3) is 32.4 Å². The number of nitrogens with one attached hydrogen (secondary N) is 1. The molecule has 0 radical (unpaired) electrons. The van der Waals surface area contributed by atoms with Crippen LogP contribution in [0.5, 0.6) is 0 Å².